The molecule has 0 rings (SSSR count). The van der Waals surface area contributed by atoms with Gasteiger partial charge in [0.1, 0.15) is 0 Å². The standard InChI is InChI=1S/C14H29N/c1-4-7-9-11-14(10-8-5-2)13(6-3)12-15/h12-15H,4-11H2,1-3H3. The lowest BCUT2D eigenvalue weighted by Crippen LogP contribution is -2.15. The molecule has 0 saturated heterocycles. The number of unbranched alkanes of at least 4 members (excludes halogenated alkanes) is 3. The van der Waals surface area contributed by atoms with Gasteiger partial charge in [0.2, 0.25) is 0 Å². The molecule has 0 aliphatic rings. The Morgan fingerprint density at radius 1 is 0.933 bits per heavy atom. The summed E-state index contributed by atoms with van der Waals surface area (Å²) in [6.45, 7) is 6.73. The van der Waals surface area contributed by atoms with Gasteiger partial charge in [-0.15, -0.1) is 0 Å². The van der Waals surface area contributed by atoms with Crippen molar-refractivity contribution in [2.24, 2.45) is 11.8 Å². The summed E-state index contributed by atoms with van der Waals surface area (Å²) >= 11 is 0. The average molecular weight is 211 g/mol. The first-order chi connectivity index (χ1) is 7.29. The fraction of sp³-hybridized carbons (Fsp3) is 0.929. The summed E-state index contributed by atoms with van der Waals surface area (Å²) in [5.74, 6) is 1.31. The monoisotopic (exact) mass is 211 g/mol. The first kappa shape index (κ1) is 14.7. The molecule has 1 nitrogen and oxygen atoms in total. The van der Waals surface area contributed by atoms with E-state index in [1.54, 1.807) is 6.21 Å². The molecule has 1 N–H and O–H groups in total. The van der Waals surface area contributed by atoms with Crippen molar-refractivity contribution in [1.29, 1.82) is 5.41 Å². The van der Waals surface area contributed by atoms with Crippen LogP contribution in [0.3, 0.4) is 0 Å². The van der Waals surface area contributed by atoms with E-state index in [0.717, 1.165) is 12.3 Å². The van der Waals surface area contributed by atoms with Gasteiger partial charge in [-0.05, 0) is 37.3 Å². The van der Waals surface area contributed by atoms with Gasteiger partial charge in [-0.3, -0.25) is 0 Å². The maximum absolute atomic E-state index is 7.48. The lowest BCUT2D eigenvalue weighted by atomic mass is 9.83. The van der Waals surface area contributed by atoms with E-state index >= 15 is 0 Å². The Hall–Kier alpha value is -0.330. The van der Waals surface area contributed by atoms with Gasteiger partial charge >= 0.3 is 0 Å². The summed E-state index contributed by atoms with van der Waals surface area (Å²) in [6, 6.07) is 0. The minimum Gasteiger partial charge on any atom is -0.313 e. The molecule has 0 aliphatic heterocycles. The number of hydrogen-bond donors (Lipinski definition) is 1. The van der Waals surface area contributed by atoms with E-state index in [0.29, 0.717) is 5.92 Å². The van der Waals surface area contributed by atoms with E-state index in [-0.39, 0.29) is 0 Å². The molecule has 0 aromatic heterocycles. The van der Waals surface area contributed by atoms with Crippen molar-refractivity contribution in [1.82, 2.24) is 0 Å². The highest BCUT2D eigenvalue weighted by Crippen LogP contribution is 2.25. The molecule has 2 atom stereocenters. The minimum atomic E-state index is 0.536. The topological polar surface area (TPSA) is 23.9 Å². The zero-order valence-corrected chi connectivity index (χ0v) is 10.9. The van der Waals surface area contributed by atoms with Crippen molar-refractivity contribution >= 4 is 6.21 Å². The zero-order chi connectivity index (χ0) is 11.5. The highest BCUT2D eigenvalue weighted by molar-refractivity contribution is 5.57. The van der Waals surface area contributed by atoms with Crippen LogP contribution in [0.5, 0.6) is 0 Å². The number of nitrogens with one attached hydrogen (secondary N) is 1. The quantitative estimate of drug-likeness (QED) is 0.386. The van der Waals surface area contributed by atoms with E-state index in [9.17, 15) is 0 Å². The van der Waals surface area contributed by atoms with Gasteiger partial charge in [0, 0.05) is 0 Å². The van der Waals surface area contributed by atoms with E-state index in [1.165, 1.54) is 44.9 Å². The molecule has 0 bridgehead atoms. The van der Waals surface area contributed by atoms with Crippen LogP contribution in [0.25, 0.3) is 0 Å². The molecule has 15 heavy (non-hydrogen) atoms. The van der Waals surface area contributed by atoms with Crippen LogP contribution in [0, 0.1) is 17.2 Å². The Labute approximate surface area is 96.2 Å². The summed E-state index contributed by atoms with van der Waals surface area (Å²) in [7, 11) is 0. The maximum atomic E-state index is 7.48. The van der Waals surface area contributed by atoms with Gasteiger partial charge in [-0.25, -0.2) is 0 Å². The van der Waals surface area contributed by atoms with Gasteiger partial charge in [-0.1, -0.05) is 52.9 Å². The second-order valence-corrected chi connectivity index (χ2v) is 4.64. The van der Waals surface area contributed by atoms with Gasteiger partial charge < -0.3 is 5.41 Å². The normalized spacial score (nSPS) is 14.9. The van der Waals surface area contributed by atoms with Crippen LogP contribution in [0.4, 0.5) is 0 Å². The first-order valence-electron chi connectivity index (χ1n) is 6.80. The van der Waals surface area contributed by atoms with Crippen LogP contribution in [0.2, 0.25) is 0 Å². The molecule has 0 aliphatic carbocycles. The van der Waals surface area contributed by atoms with E-state index < -0.39 is 0 Å². The molecule has 0 heterocycles. The van der Waals surface area contributed by atoms with E-state index in [1.807, 2.05) is 0 Å². The maximum Gasteiger partial charge on any atom is -0.00141 e. The van der Waals surface area contributed by atoms with Crippen molar-refractivity contribution in [3.8, 4) is 0 Å². The summed E-state index contributed by atoms with van der Waals surface area (Å²) in [4.78, 5) is 0. The first-order valence-corrected chi connectivity index (χ1v) is 6.80. The van der Waals surface area contributed by atoms with Gasteiger partial charge in [0.05, 0.1) is 0 Å². The lowest BCUT2D eigenvalue weighted by Gasteiger charge is -2.22. The molecule has 1 heteroatoms. The number of rotatable bonds is 10. The van der Waals surface area contributed by atoms with Crippen molar-refractivity contribution in [3.05, 3.63) is 0 Å². The molecular weight excluding hydrogens is 182 g/mol. The molecule has 0 saturated carbocycles. The lowest BCUT2D eigenvalue weighted by molar-refractivity contribution is 0.338. The predicted octanol–water partition coefficient (Wildman–Crippen LogP) is 5.05. The third-order valence-corrected chi connectivity index (χ3v) is 3.40. The Kier molecular flexibility index (Phi) is 9.97. The largest absolute Gasteiger partial charge is 0.313 e. The predicted molar refractivity (Wildman–Crippen MR) is 69.7 cm³/mol. The summed E-state index contributed by atoms with van der Waals surface area (Å²) < 4.78 is 0. The van der Waals surface area contributed by atoms with Crippen LogP contribution in [0.15, 0.2) is 0 Å². The van der Waals surface area contributed by atoms with Gasteiger partial charge in [0.15, 0.2) is 0 Å². The molecular formula is C14H29N. The van der Waals surface area contributed by atoms with Crippen LogP contribution in [-0.2, 0) is 0 Å². The van der Waals surface area contributed by atoms with Gasteiger partial charge in [0.25, 0.3) is 0 Å². The van der Waals surface area contributed by atoms with Crippen molar-refractivity contribution in [2.75, 3.05) is 0 Å². The van der Waals surface area contributed by atoms with Crippen LogP contribution in [0.1, 0.15) is 72.1 Å². The molecule has 0 amide bonds. The average Bonchev–Trinajstić information content (AvgIpc) is 2.26. The second-order valence-electron chi connectivity index (χ2n) is 4.64. The molecule has 0 aromatic carbocycles. The molecule has 0 fully saturated rings. The Balaban J connectivity index is 3.97. The minimum absolute atomic E-state index is 0.536. The van der Waals surface area contributed by atoms with Crippen molar-refractivity contribution in [3.63, 3.8) is 0 Å². The Morgan fingerprint density at radius 3 is 2.00 bits per heavy atom. The van der Waals surface area contributed by atoms with Crippen molar-refractivity contribution < 1.29 is 0 Å². The summed E-state index contributed by atoms with van der Waals surface area (Å²) in [5, 5.41) is 7.48. The Morgan fingerprint density at radius 2 is 1.53 bits per heavy atom. The highest BCUT2D eigenvalue weighted by Gasteiger charge is 2.16. The van der Waals surface area contributed by atoms with Gasteiger partial charge in [-0.2, -0.15) is 0 Å². The van der Waals surface area contributed by atoms with Crippen LogP contribution >= 0.6 is 0 Å². The Bertz CT molecular complexity index is 142. The van der Waals surface area contributed by atoms with Crippen molar-refractivity contribution in [2.45, 2.75) is 72.1 Å². The summed E-state index contributed by atoms with van der Waals surface area (Å²) in [6.07, 6.45) is 12.1. The smallest absolute Gasteiger partial charge is 0.00141 e. The molecule has 2 unspecified atom stereocenters. The number of hydrogen-bond acceptors (Lipinski definition) is 1. The van der Waals surface area contributed by atoms with Crippen LogP contribution < -0.4 is 0 Å². The second kappa shape index (κ2) is 10.2. The highest BCUT2D eigenvalue weighted by atomic mass is 14.4. The van der Waals surface area contributed by atoms with E-state index in [4.69, 9.17) is 5.41 Å². The van der Waals surface area contributed by atoms with E-state index in [2.05, 4.69) is 20.8 Å². The molecule has 0 spiro atoms. The third kappa shape index (κ3) is 6.70. The molecule has 0 radical (unpaired) electrons. The van der Waals surface area contributed by atoms with Crippen LogP contribution in [-0.4, -0.2) is 6.21 Å². The third-order valence-electron chi connectivity index (χ3n) is 3.40. The zero-order valence-electron chi connectivity index (χ0n) is 10.9. The fourth-order valence-corrected chi connectivity index (χ4v) is 2.28. The molecule has 90 valence electrons. The fourth-order valence-electron chi connectivity index (χ4n) is 2.28. The molecule has 0 aromatic rings. The summed E-state index contributed by atoms with van der Waals surface area (Å²) in [5.41, 5.74) is 0. The SMILES string of the molecule is CCCCCC(CCCC)C(C=N)CC.